The van der Waals surface area contributed by atoms with E-state index in [1.807, 2.05) is 6.07 Å². The highest BCUT2D eigenvalue weighted by Crippen LogP contribution is 2.24. The number of esters is 1. The van der Waals surface area contributed by atoms with Crippen molar-refractivity contribution in [2.45, 2.75) is 13.3 Å². The summed E-state index contributed by atoms with van der Waals surface area (Å²) in [6.07, 6.45) is -0.211. The van der Waals surface area contributed by atoms with Gasteiger partial charge in [0.25, 0.3) is 0 Å². The standard InChI is InChI=1S/C11H11N5O2/c1-2-18-9(17)3-8-6(4-12)10(14)7(5-13)11(15)16-8/h2-3H2,1H3,(H4,14,15,16). The first-order chi connectivity index (χ1) is 8.54. The van der Waals surface area contributed by atoms with Crippen LogP contribution in [0.5, 0.6) is 0 Å². The molecule has 0 amide bonds. The van der Waals surface area contributed by atoms with Gasteiger partial charge in [0.2, 0.25) is 0 Å². The van der Waals surface area contributed by atoms with Crippen LogP contribution in [0.2, 0.25) is 0 Å². The van der Waals surface area contributed by atoms with Crippen LogP contribution in [-0.2, 0) is 16.0 Å². The molecule has 0 atom stereocenters. The molecule has 0 radical (unpaired) electrons. The largest absolute Gasteiger partial charge is 0.466 e. The second kappa shape index (κ2) is 5.51. The molecule has 0 fully saturated rings. The van der Waals surface area contributed by atoms with Crippen LogP contribution in [0.4, 0.5) is 11.5 Å². The van der Waals surface area contributed by atoms with Gasteiger partial charge in [0, 0.05) is 0 Å². The summed E-state index contributed by atoms with van der Waals surface area (Å²) in [4.78, 5) is 15.2. The predicted octanol–water partition coefficient (Wildman–Crippen LogP) is 0.0950. The monoisotopic (exact) mass is 245 g/mol. The van der Waals surface area contributed by atoms with Gasteiger partial charge < -0.3 is 16.2 Å². The van der Waals surface area contributed by atoms with Crippen molar-refractivity contribution in [1.82, 2.24) is 4.98 Å². The summed E-state index contributed by atoms with van der Waals surface area (Å²) >= 11 is 0. The minimum absolute atomic E-state index is 0.0196. The van der Waals surface area contributed by atoms with E-state index in [0.717, 1.165) is 0 Å². The molecule has 7 heteroatoms. The van der Waals surface area contributed by atoms with Gasteiger partial charge in [-0.15, -0.1) is 0 Å². The highest BCUT2D eigenvalue weighted by molar-refractivity contribution is 5.77. The summed E-state index contributed by atoms with van der Waals surface area (Å²) in [7, 11) is 0. The number of nitrogens with zero attached hydrogens (tertiary/aromatic N) is 3. The lowest BCUT2D eigenvalue weighted by atomic mass is 10.1. The third-order valence-electron chi connectivity index (χ3n) is 2.18. The molecule has 1 heterocycles. The Bertz CT molecular complexity index is 568. The summed E-state index contributed by atoms with van der Waals surface area (Å²) in [6, 6.07) is 3.58. The first kappa shape index (κ1) is 13.3. The molecular weight excluding hydrogens is 234 g/mol. The Morgan fingerprint density at radius 1 is 1.33 bits per heavy atom. The Labute approximate surface area is 104 Å². The Balaban J connectivity index is 3.26. The van der Waals surface area contributed by atoms with Crippen molar-refractivity contribution in [3.63, 3.8) is 0 Å². The fourth-order valence-corrected chi connectivity index (χ4v) is 1.39. The molecule has 0 aliphatic carbocycles. The van der Waals surface area contributed by atoms with E-state index < -0.39 is 5.97 Å². The van der Waals surface area contributed by atoms with E-state index in [2.05, 4.69) is 4.98 Å². The average Bonchev–Trinajstić information content (AvgIpc) is 2.29. The third kappa shape index (κ3) is 2.47. The highest BCUT2D eigenvalue weighted by Gasteiger charge is 2.18. The Morgan fingerprint density at radius 2 is 1.94 bits per heavy atom. The number of carbonyl (C=O) groups excluding carboxylic acids is 1. The summed E-state index contributed by atoms with van der Waals surface area (Å²) in [5, 5.41) is 17.8. The molecule has 0 spiro atoms. The zero-order valence-corrected chi connectivity index (χ0v) is 9.73. The van der Waals surface area contributed by atoms with Crippen molar-refractivity contribution >= 4 is 17.5 Å². The van der Waals surface area contributed by atoms with E-state index in [9.17, 15) is 4.79 Å². The molecule has 1 aromatic rings. The van der Waals surface area contributed by atoms with E-state index in [-0.39, 0.29) is 41.4 Å². The number of anilines is 2. The zero-order valence-electron chi connectivity index (χ0n) is 9.73. The molecule has 0 aliphatic heterocycles. The summed E-state index contributed by atoms with van der Waals surface area (Å²) in [6.45, 7) is 1.89. The van der Waals surface area contributed by atoms with Gasteiger partial charge in [0.05, 0.1) is 30.0 Å². The number of hydrogen-bond donors (Lipinski definition) is 2. The first-order valence-electron chi connectivity index (χ1n) is 5.08. The summed E-state index contributed by atoms with van der Waals surface area (Å²) in [5.74, 6) is -0.640. The van der Waals surface area contributed by atoms with Gasteiger partial charge in [-0.2, -0.15) is 10.5 Å². The fourth-order valence-electron chi connectivity index (χ4n) is 1.39. The van der Waals surface area contributed by atoms with Crippen molar-refractivity contribution < 1.29 is 9.53 Å². The second-order valence-corrected chi connectivity index (χ2v) is 3.31. The van der Waals surface area contributed by atoms with Gasteiger partial charge >= 0.3 is 5.97 Å². The van der Waals surface area contributed by atoms with Gasteiger partial charge in [-0.1, -0.05) is 0 Å². The lowest BCUT2D eigenvalue weighted by Crippen LogP contribution is -2.13. The number of aromatic nitrogens is 1. The molecule has 4 N–H and O–H groups in total. The number of nitrogens with two attached hydrogens (primary N) is 2. The normalized spacial score (nSPS) is 9.28. The molecule has 1 aromatic heterocycles. The SMILES string of the molecule is CCOC(=O)Cc1nc(N)c(C#N)c(N)c1C#N. The zero-order chi connectivity index (χ0) is 13.7. The molecule has 0 aromatic carbocycles. The van der Waals surface area contributed by atoms with Crippen LogP contribution in [-0.4, -0.2) is 17.6 Å². The van der Waals surface area contributed by atoms with E-state index >= 15 is 0 Å². The maximum atomic E-state index is 11.3. The topological polar surface area (TPSA) is 139 Å². The Morgan fingerprint density at radius 3 is 2.44 bits per heavy atom. The van der Waals surface area contributed by atoms with Crippen molar-refractivity contribution in [2.24, 2.45) is 0 Å². The lowest BCUT2D eigenvalue weighted by Gasteiger charge is -2.09. The number of nitriles is 2. The third-order valence-corrected chi connectivity index (χ3v) is 2.18. The van der Waals surface area contributed by atoms with E-state index in [1.54, 1.807) is 13.0 Å². The molecule has 0 bridgehead atoms. The van der Waals surface area contributed by atoms with Crippen LogP contribution in [0.1, 0.15) is 23.7 Å². The molecule has 0 unspecified atom stereocenters. The molecule has 18 heavy (non-hydrogen) atoms. The molecule has 0 aliphatic rings. The minimum Gasteiger partial charge on any atom is -0.466 e. The number of carbonyl (C=O) groups is 1. The van der Waals surface area contributed by atoms with E-state index in [4.69, 9.17) is 26.7 Å². The quantitative estimate of drug-likeness (QED) is 0.719. The lowest BCUT2D eigenvalue weighted by molar-refractivity contribution is -0.142. The molecule has 0 saturated carbocycles. The van der Waals surface area contributed by atoms with Crippen LogP contribution < -0.4 is 11.5 Å². The minimum atomic E-state index is -0.537. The number of nitrogen functional groups attached to an aromatic ring is 2. The maximum Gasteiger partial charge on any atom is 0.311 e. The van der Waals surface area contributed by atoms with Crippen LogP contribution in [0, 0.1) is 22.7 Å². The van der Waals surface area contributed by atoms with Gasteiger partial charge in [-0.25, -0.2) is 4.98 Å². The van der Waals surface area contributed by atoms with E-state index in [0.29, 0.717) is 0 Å². The fraction of sp³-hybridized carbons (Fsp3) is 0.273. The van der Waals surface area contributed by atoms with Crippen LogP contribution in [0.15, 0.2) is 0 Å². The molecular formula is C11H11N5O2. The number of hydrogen-bond acceptors (Lipinski definition) is 7. The van der Waals surface area contributed by atoms with Crippen LogP contribution in [0.25, 0.3) is 0 Å². The van der Waals surface area contributed by atoms with Crippen molar-refractivity contribution in [3.05, 3.63) is 16.8 Å². The van der Waals surface area contributed by atoms with Crippen LogP contribution >= 0.6 is 0 Å². The van der Waals surface area contributed by atoms with E-state index in [1.165, 1.54) is 0 Å². The van der Waals surface area contributed by atoms with Crippen LogP contribution in [0.3, 0.4) is 0 Å². The predicted molar refractivity (Wildman–Crippen MR) is 62.8 cm³/mol. The Kier molecular flexibility index (Phi) is 4.06. The molecule has 92 valence electrons. The van der Waals surface area contributed by atoms with Crippen molar-refractivity contribution in [1.29, 1.82) is 10.5 Å². The molecule has 0 saturated heterocycles. The maximum absolute atomic E-state index is 11.3. The highest BCUT2D eigenvalue weighted by atomic mass is 16.5. The van der Waals surface area contributed by atoms with Gasteiger partial charge in [-0.3, -0.25) is 4.79 Å². The number of rotatable bonds is 3. The second-order valence-electron chi connectivity index (χ2n) is 3.31. The number of ether oxygens (including phenoxy) is 1. The molecule has 1 rings (SSSR count). The summed E-state index contributed by atoms with van der Waals surface area (Å²) < 4.78 is 4.75. The Hall–Kier alpha value is -2.80. The van der Waals surface area contributed by atoms with Crippen molar-refractivity contribution in [3.8, 4) is 12.1 Å². The van der Waals surface area contributed by atoms with Gasteiger partial charge in [0.15, 0.2) is 0 Å². The van der Waals surface area contributed by atoms with Crippen molar-refractivity contribution in [2.75, 3.05) is 18.1 Å². The first-order valence-corrected chi connectivity index (χ1v) is 5.08. The average molecular weight is 245 g/mol. The van der Waals surface area contributed by atoms with Gasteiger partial charge in [-0.05, 0) is 6.92 Å². The summed E-state index contributed by atoms with van der Waals surface area (Å²) in [5.41, 5.74) is 11.1. The van der Waals surface area contributed by atoms with Gasteiger partial charge in [0.1, 0.15) is 23.5 Å². The molecule has 7 nitrogen and oxygen atoms in total. The number of pyridine rings is 1. The smallest absolute Gasteiger partial charge is 0.311 e.